The number of anilines is 1. The number of para-hydroxylation sites is 1. The van der Waals surface area contributed by atoms with Crippen molar-refractivity contribution >= 4 is 41.4 Å². The van der Waals surface area contributed by atoms with Crippen LogP contribution in [-0.4, -0.2) is 58.1 Å². The molecule has 12 nitrogen and oxygen atoms in total. The molecule has 0 aliphatic carbocycles. The van der Waals surface area contributed by atoms with Crippen LogP contribution in [0.25, 0.3) is 0 Å². The van der Waals surface area contributed by atoms with Crippen LogP contribution in [0.3, 0.4) is 0 Å². The Hall–Kier alpha value is -4.17. The number of carboxylic acids is 1. The first-order chi connectivity index (χ1) is 16.8. The van der Waals surface area contributed by atoms with Gasteiger partial charge in [0.1, 0.15) is 5.75 Å². The second-order valence-electron chi connectivity index (χ2n) is 7.53. The van der Waals surface area contributed by atoms with Crippen molar-refractivity contribution < 1.29 is 33.9 Å². The van der Waals surface area contributed by atoms with Crippen LogP contribution >= 0.6 is 11.3 Å². The molecule has 2 atom stereocenters. The largest absolute Gasteiger partial charge is 0.547 e. The molecule has 180 valence electrons. The number of hydrogen-bond acceptors (Lipinski definition) is 10. The van der Waals surface area contributed by atoms with Gasteiger partial charge in [-0.25, -0.2) is 14.8 Å². The maximum Gasteiger partial charge on any atom is 0.547 e. The number of benzene rings is 1. The lowest BCUT2D eigenvalue weighted by Crippen LogP contribution is -2.55. The van der Waals surface area contributed by atoms with Crippen LogP contribution in [-0.2, 0) is 11.2 Å². The number of fused-ring (bicyclic) bond motifs is 1. The van der Waals surface area contributed by atoms with Gasteiger partial charge in [0.25, 0.3) is 5.91 Å². The third-order valence-electron chi connectivity index (χ3n) is 5.26. The zero-order valence-electron chi connectivity index (χ0n) is 18.3. The molecular weight excluding hydrogens is 477 g/mol. The second-order valence-corrected chi connectivity index (χ2v) is 8.42. The van der Waals surface area contributed by atoms with Crippen molar-refractivity contribution in [3.05, 3.63) is 64.3 Å². The second kappa shape index (κ2) is 9.99. The molecule has 0 saturated heterocycles. The Morgan fingerprint density at radius 2 is 2.14 bits per heavy atom. The van der Waals surface area contributed by atoms with Crippen LogP contribution < -0.4 is 25.8 Å². The number of hydrogen-bond donors (Lipinski definition) is 5. The maximum absolute atomic E-state index is 13.2. The molecule has 1 aliphatic heterocycles. The number of rotatable bonds is 7. The number of ether oxygens (including phenoxy) is 1. The quantitative estimate of drug-likeness (QED) is 0.287. The summed E-state index contributed by atoms with van der Waals surface area (Å²) in [6, 6.07) is 6.18. The summed E-state index contributed by atoms with van der Waals surface area (Å²) in [6.45, 7) is 0. The first-order valence-corrected chi connectivity index (χ1v) is 11.2. The van der Waals surface area contributed by atoms with Gasteiger partial charge in [-0.05, 0) is 24.1 Å². The molecule has 2 amide bonds. The number of aromatic carboxylic acids is 1. The summed E-state index contributed by atoms with van der Waals surface area (Å²) >= 11 is 1.10. The smallest absolute Gasteiger partial charge is 0.534 e. The van der Waals surface area contributed by atoms with Crippen molar-refractivity contribution in [1.82, 2.24) is 20.6 Å². The highest BCUT2D eigenvalue weighted by atomic mass is 32.1. The van der Waals surface area contributed by atoms with Gasteiger partial charge in [-0.1, -0.05) is 12.1 Å². The Bertz CT molecular complexity index is 1290. The third kappa shape index (κ3) is 5.17. The first-order valence-electron chi connectivity index (χ1n) is 10.3. The van der Waals surface area contributed by atoms with Crippen molar-refractivity contribution in [3.8, 4) is 11.6 Å². The first kappa shape index (κ1) is 24.0. The predicted octanol–water partition coefficient (Wildman–Crippen LogP) is 0.438. The zero-order valence-corrected chi connectivity index (χ0v) is 19.1. The fourth-order valence-corrected chi connectivity index (χ4v) is 4.15. The van der Waals surface area contributed by atoms with Gasteiger partial charge in [-0.2, -0.15) is 0 Å². The van der Waals surface area contributed by atoms with Crippen LogP contribution in [0.15, 0.2) is 41.9 Å². The number of nitrogen functional groups attached to an aromatic ring is 1. The number of carbonyl (C=O) groups excluding carboxylic acids is 2. The number of thiazole rings is 1. The molecule has 14 heteroatoms. The minimum atomic E-state index is -1.52. The number of carboxylic acid groups (broad SMARTS) is 1. The summed E-state index contributed by atoms with van der Waals surface area (Å²) in [5.74, 6) is -3.12. The highest BCUT2D eigenvalue weighted by molar-refractivity contribution is 7.13. The molecule has 0 spiro atoms. The fourth-order valence-electron chi connectivity index (χ4n) is 3.57. The summed E-state index contributed by atoms with van der Waals surface area (Å²) < 4.78 is 10.5. The monoisotopic (exact) mass is 497 g/mol. The van der Waals surface area contributed by atoms with E-state index in [9.17, 15) is 24.5 Å². The molecule has 3 heterocycles. The highest BCUT2D eigenvalue weighted by Gasteiger charge is 2.39. The summed E-state index contributed by atoms with van der Waals surface area (Å²) in [7, 11) is -0.110. The molecule has 1 aliphatic rings. The standard InChI is InChI=1S/C21H20BN5O7S/c1-33-15-8-11(5-6-24-15)18(28)27-16(13-9-35-21(23)25-13)19(29)26-14-7-10-3-2-4-12(20(30)31)17(10)34-22(14)32/h2-6,8-9,14,16,32H,7H2,1H3,(H2,23,25)(H,26,29)(H,27,28)(H,30,31)/t14-,16?/m0/s1. The van der Waals surface area contributed by atoms with Crippen molar-refractivity contribution in [2.75, 3.05) is 12.8 Å². The van der Waals surface area contributed by atoms with E-state index in [0.717, 1.165) is 11.3 Å². The topological polar surface area (TPSA) is 186 Å². The number of carbonyl (C=O) groups is 3. The molecule has 1 aromatic carbocycles. The minimum absolute atomic E-state index is 0.0433. The average Bonchev–Trinajstić information content (AvgIpc) is 3.28. The maximum atomic E-state index is 13.2. The van der Waals surface area contributed by atoms with Crippen LogP contribution in [0.2, 0.25) is 0 Å². The Morgan fingerprint density at radius 3 is 2.83 bits per heavy atom. The van der Waals surface area contributed by atoms with Gasteiger partial charge < -0.3 is 35.9 Å². The SMILES string of the molecule is COc1cc(C(=O)NC(C(=O)N[C@H]2Cc3cccc(C(=O)O)c3OB2O)c2csc(N)n2)ccn1. The van der Waals surface area contributed by atoms with Crippen LogP contribution in [0.4, 0.5) is 5.13 Å². The normalized spacial score (nSPS) is 15.4. The minimum Gasteiger partial charge on any atom is -0.534 e. The molecule has 0 bridgehead atoms. The summed E-state index contributed by atoms with van der Waals surface area (Å²) in [5.41, 5.74) is 6.54. The third-order valence-corrected chi connectivity index (χ3v) is 5.95. The molecule has 0 fully saturated rings. The van der Waals surface area contributed by atoms with E-state index in [-0.39, 0.29) is 40.0 Å². The molecule has 3 aromatic rings. The van der Waals surface area contributed by atoms with E-state index in [0.29, 0.717) is 5.56 Å². The zero-order chi connectivity index (χ0) is 25.1. The van der Waals surface area contributed by atoms with Gasteiger partial charge in [0.15, 0.2) is 11.2 Å². The summed E-state index contributed by atoms with van der Waals surface area (Å²) in [6.07, 6.45) is 1.49. The highest BCUT2D eigenvalue weighted by Crippen LogP contribution is 2.30. The van der Waals surface area contributed by atoms with E-state index in [1.807, 2.05) is 0 Å². The Morgan fingerprint density at radius 1 is 1.34 bits per heavy atom. The number of nitrogens with two attached hydrogens (primary N) is 1. The molecule has 1 unspecified atom stereocenters. The average molecular weight is 497 g/mol. The number of pyridine rings is 1. The number of nitrogens with zero attached hydrogens (tertiary/aromatic N) is 2. The summed E-state index contributed by atoms with van der Waals surface area (Å²) in [5, 5.41) is 26.8. The Kier molecular flexibility index (Phi) is 6.84. The van der Waals surface area contributed by atoms with E-state index in [1.165, 1.54) is 36.9 Å². The van der Waals surface area contributed by atoms with Crippen molar-refractivity contribution in [1.29, 1.82) is 0 Å². The molecule has 2 aromatic heterocycles. The molecule has 6 N–H and O–H groups in total. The molecular formula is C21H20BN5O7S. The van der Waals surface area contributed by atoms with Gasteiger partial charge in [0, 0.05) is 23.2 Å². The van der Waals surface area contributed by atoms with E-state index in [4.69, 9.17) is 15.1 Å². The molecule has 35 heavy (non-hydrogen) atoms. The Labute approximate surface area is 203 Å². The van der Waals surface area contributed by atoms with Gasteiger partial charge >= 0.3 is 13.1 Å². The Balaban J connectivity index is 1.55. The van der Waals surface area contributed by atoms with Gasteiger partial charge in [-0.3, -0.25) is 9.59 Å². The van der Waals surface area contributed by atoms with Crippen LogP contribution in [0, 0.1) is 0 Å². The molecule has 4 rings (SSSR count). The number of aromatic nitrogens is 2. The number of nitrogens with one attached hydrogen (secondary N) is 2. The van der Waals surface area contributed by atoms with E-state index >= 15 is 0 Å². The molecule has 0 radical (unpaired) electrons. The van der Waals surface area contributed by atoms with E-state index in [2.05, 4.69) is 20.6 Å². The molecule has 0 saturated carbocycles. The van der Waals surface area contributed by atoms with Crippen molar-refractivity contribution in [3.63, 3.8) is 0 Å². The number of methoxy groups -OCH3 is 1. The predicted molar refractivity (Wildman–Crippen MR) is 125 cm³/mol. The van der Waals surface area contributed by atoms with Crippen molar-refractivity contribution in [2.24, 2.45) is 0 Å². The van der Waals surface area contributed by atoms with E-state index < -0.39 is 36.9 Å². The van der Waals surface area contributed by atoms with Gasteiger partial charge in [-0.15, -0.1) is 11.3 Å². The van der Waals surface area contributed by atoms with Gasteiger partial charge in [0.05, 0.1) is 24.3 Å². The van der Waals surface area contributed by atoms with Gasteiger partial charge in [0.2, 0.25) is 11.8 Å². The van der Waals surface area contributed by atoms with Crippen molar-refractivity contribution in [2.45, 2.75) is 18.4 Å². The van der Waals surface area contributed by atoms with Crippen LogP contribution in [0.1, 0.15) is 38.0 Å². The lowest BCUT2D eigenvalue weighted by molar-refractivity contribution is -0.123. The summed E-state index contributed by atoms with van der Waals surface area (Å²) in [4.78, 5) is 45.6. The van der Waals surface area contributed by atoms with E-state index in [1.54, 1.807) is 12.1 Å². The lowest BCUT2D eigenvalue weighted by atomic mass is 9.72. The fraction of sp³-hybridized carbons (Fsp3) is 0.190. The lowest BCUT2D eigenvalue weighted by Gasteiger charge is -2.30. The number of amides is 2. The van der Waals surface area contributed by atoms with Crippen LogP contribution in [0.5, 0.6) is 11.6 Å².